The Bertz CT molecular complexity index is 1140. The Balaban J connectivity index is 1.53. The molecule has 0 spiro atoms. The number of rotatable bonds is 11. The minimum absolute atomic E-state index is 0.344. The van der Waals surface area contributed by atoms with Gasteiger partial charge in [0, 0.05) is 24.5 Å². The molecular formula is C26H31N3O4. The summed E-state index contributed by atoms with van der Waals surface area (Å²) in [4.78, 5) is 18.8. The Kier molecular flexibility index (Phi) is 6.48. The summed E-state index contributed by atoms with van der Waals surface area (Å²) in [5.74, 6) is 1.99. The molecule has 0 atom stereocenters. The molecule has 174 valence electrons. The molecule has 2 heterocycles. The maximum atomic E-state index is 11.5. The predicted octanol–water partition coefficient (Wildman–Crippen LogP) is 4.62. The number of fused-ring (bicyclic) bond motifs is 2. The minimum atomic E-state index is 0.344. The number of nitrogens with one attached hydrogen (secondary N) is 1. The van der Waals surface area contributed by atoms with Gasteiger partial charge in [-0.15, -0.1) is 0 Å². The van der Waals surface area contributed by atoms with Crippen LogP contribution in [-0.2, 0) is 4.79 Å². The lowest BCUT2D eigenvalue weighted by atomic mass is 10.1. The fraction of sp³-hybridized carbons (Fsp3) is 0.462. The van der Waals surface area contributed by atoms with Crippen molar-refractivity contribution in [3.8, 4) is 17.2 Å². The number of anilines is 1. The molecule has 7 heteroatoms. The van der Waals surface area contributed by atoms with E-state index in [9.17, 15) is 4.79 Å². The molecule has 0 unspecified atom stereocenters. The lowest BCUT2D eigenvalue weighted by molar-refractivity contribution is -0.120. The van der Waals surface area contributed by atoms with E-state index in [-0.39, 0.29) is 0 Å². The first-order valence-electron chi connectivity index (χ1n) is 11.9. The number of ether oxygens (including phenoxy) is 3. The Labute approximate surface area is 194 Å². The average molecular weight is 450 g/mol. The maximum Gasteiger partial charge on any atom is 0.298 e. The summed E-state index contributed by atoms with van der Waals surface area (Å²) < 4.78 is 17.3. The number of methoxy groups -OCH3 is 1. The first-order valence-corrected chi connectivity index (χ1v) is 11.9. The Morgan fingerprint density at radius 2 is 1.97 bits per heavy atom. The highest BCUT2D eigenvalue weighted by Crippen LogP contribution is 2.47. The van der Waals surface area contributed by atoms with Crippen molar-refractivity contribution in [2.45, 2.75) is 32.1 Å². The van der Waals surface area contributed by atoms with E-state index in [4.69, 9.17) is 19.2 Å². The van der Waals surface area contributed by atoms with E-state index in [0.29, 0.717) is 41.8 Å². The number of hydrogen-bond acceptors (Lipinski definition) is 7. The van der Waals surface area contributed by atoms with Gasteiger partial charge in [-0.2, -0.15) is 0 Å². The number of likely N-dealkylation sites (tertiary alicyclic amines) is 1. The third kappa shape index (κ3) is 4.69. The molecule has 1 saturated heterocycles. The van der Waals surface area contributed by atoms with Crippen LogP contribution in [0.2, 0.25) is 0 Å². The lowest BCUT2D eigenvalue weighted by Crippen LogP contribution is -2.22. The summed E-state index contributed by atoms with van der Waals surface area (Å²) in [5, 5.41) is 5.34. The lowest BCUT2D eigenvalue weighted by Gasteiger charge is -2.20. The monoisotopic (exact) mass is 449 g/mol. The molecule has 2 fully saturated rings. The topological polar surface area (TPSA) is 72.9 Å². The Morgan fingerprint density at radius 1 is 1.15 bits per heavy atom. The van der Waals surface area contributed by atoms with Gasteiger partial charge in [0.05, 0.1) is 35.8 Å². The number of nitrogens with zero attached hydrogens (tertiary/aromatic N) is 2. The van der Waals surface area contributed by atoms with Gasteiger partial charge in [-0.25, -0.2) is 4.98 Å². The van der Waals surface area contributed by atoms with E-state index in [0.717, 1.165) is 41.5 Å². The number of aromatic nitrogens is 1. The second-order valence-electron chi connectivity index (χ2n) is 8.92. The highest BCUT2D eigenvalue weighted by Gasteiger charge is 2.25. The van der Waals surface area contributed by atoms with Gasteiger partial charge in [-0.1, -0.05) is 18.2 Å². The molecule has 1 aromatic heterocycles. The number of hydrogen-bond donors (Lipinski definition) is 1. The standard InChI is InChI=1S/C26H31N3O4/c1-31-25-22(32-14-6-13-29-11-4-5-12-29)15-21-23(26(25)33-17-30)24(27-16-18-9-10-18)19-7-2-3-8-20(19)28-21/h2-3,7-8,15,17-18H,4-6,9-14,16H2,1H3,(H,27,28). The van der Waals surface area contributed by atoms with Crippen LogP contribution < -0.4 is 19.5 Å². The maximum absolute atomic E-state index is 11.5. The molecular weight excluding hydrogens is 418 g/mol. The molecule has 1 N–H and O–H groups in total. The normalized spacial score (nSPS) is 16.3. The smallest absolute Gasteiger partial charge is 0.298 e. The fourth-order valence-corrected chi connectivity index (χ4v) is 4.67. The van der Waals surface area contributed by atoms with Gasteiger partial charge in [0.15, 0.2) is 11.5 Å². The predicted molar refractivity (Wildman–Crippen MR) is 129 cm³/mol. The van der Waals surface area contributed by atoms with Gasteiger partial charge in [0.25, 0.3) is 6.47 Å². The Morgan fingerprint density at radius 3 is 2.73 bits per heavy atom. The summed E-state index contributed by atoms with van der Waals surface area (Å²) >= 11 is 0. The van der Waals surface area contributed by atoms with Crippen molar-refractivity contribution in [3.63, 3.8) is 0 Å². The van der Waals surface area contributed by atoms with Crippen LogP contribution in [0.4, 0.5) is 5.69 Å². The molecule has 0 radical (unpaired) electrons. The fourth-order valence-electron chi connectivity index (χ4n) is 4.67. The molecule has 1 aliphatic carbocycles. The van der Waals surface area contributed by atoms with Crippen LogP contribution in [0.1, 0.15) is 32.1 Å². The molecule has 2 aromatic carbocycles. The average Bonchev–Trinajstić information content (AvgIpc) is 3.52. The van der Waals surface area contributed by atoms with Crippen molar-refractivity contribution in [1.82, 2.24) is 9.88 Å². The van der Waals surface area contributed by atoms with Crippen LogP contribution in [0, 0.1) is 5.92 Å². The van der Waals surface area contributed by atoms with Crippen LogP contribution in [0.25, 0.3) is 21.8 Å². The van der Waals surface area contributed by atoms with Crippen molar-refractivity contribution in [2.24, 2.45) is 5.92 Å². The molecule has 7 nitrogen and oxygen atoms in total. The zero-order chi connectivity index (χ0) is 22.6. The zero-order valence-corrected chi connectivity index (χ0v) is 19.1. The van der Waals surface area contributed by atoms with E-state index in [1.807, 2.05) is 30.3 Å². The van der Waals surface area contributed by atoms with E-state index in [1.165, 1.54) is 38.8 Å². The quantitative estimate of drug-likeness (QED) is 0.260. The summed E-state index contributed by atoms with van der Waals surface area (Å²) in [7, 11) is 1.57. The van der Waals surface area contributed by atoms with E-state index in [2.05, 4.69) is 10.2 Å². The van der Waals surface area contributed by atoms with E-state index >= 15 is 0 Å². The van der Waals surface area contributed by atoms with Crippen LogP contribution in [0.3, 0.4) is 0 Å². The minimum Gasteiger partial charge on any atom is -0.490 e. The molecule has 3 aromatic rings. The number of benzene rings is 2. The first kappa shape index (κ1) is 21.8. The summed E-state index contributed by atoms with van der Waals surface area (Å²) in [6.07, 6.45) is 5.96. The number of carbonyl (C=O) groups excluding carboxylic acids is 1. The molecule has 0 bridgehead atoms. The highest BCUT2D eigenvalue weighted by atomic mass is 16.6. The third-order valence-electron chi connectivity index (χ3n) is 6.55. The first-order chi connectivity index (χ1) is 16.3. The van der Waals surface area contributed by atoms with Crippen LogP contribution >= 0.6 is 0 Å². The summed E-state index contributed by atoms with van der Waals surface area (Å²) in [5.41, 5.74) is 2.50. The molecule has 1 saturated carbocycles. The second kappa shape index (κ2) is 9.83. The molecule has 5 rings (SSSR count). The molecule has 0 amide bonds. The van der Waals surface area contributed by atoms with Gasteiger partial charge in [-0.3, -0.25) is 4.79 Å². The van der Waals surface area contributed by atoms with Gasteiger partial charge in [0.1, 0.15) is 0 Å². The van der Waals surface area contributed by atoms with Crippen molar-refractivity contribution in [1.29, 1.82) is 0 Å². The van der Waals surface area contributed by atoms with Crippen molar-refractivity contribution < 1.29 is 19.0 Å². The molecule has 2 aliphatic rings. The van der Waals surface area contributed by atoms with Gasteiger partial charge in [0.2, 0.25) is 5.75 Å². The van der Waals surface area contributed by atoms with Crippen LogP contribution in [-0.4, -0.2) is 56.3 Å². The largest absolute Gasteiger partial charge is 0.490 e. The zero-order valence-electron chi connectivity index (χ0n) is 19.1. The van der Waals surface area contributed by atoms with Gasteiger partial charge < -0.3 is 24.4 Å². The van der Waals surface area contributed by atoms with Crippen LogP contribution in [0.5, 0.6) is 17.2 Å². The van der Waals surface area contributed by atoms with Crippen molar-refractivity contribution in [2.75, 3.05) is 45.2 Å². The van der Waals surface area contributed by atoms with E-state index in [1.54, 1.807) is 7.11 Å². The molecule has 33 heavy (non-hydrogen) atoms. The molecule has 1 aliphatic heterocycles. The van der Waals surface area contributed by atoms with Gasteiger partial charge in [-0.05, 0) is 57.2 Å². The van der Waals surface area contributed by atoms with Crippen molar-refractivity contribution >= 4 is 34.0 Å². The number of carbonyl (C=O) groups is 1. The van der Waals surface area contributed by atoms with Gasteiger partial charge >= 0.3 is 0 Å². The third-order valence-corrected chi connectivity index (χ3v) is 6.55. The SMILES string of the molecule is COc1c(OCCCN2CCCC2)cc2nc3ccccc3c(NCC3CC3)c2c1OC=O. The number of para-hydroxylation sites is 1. The summed E-state index contributed by atoms with van der Waals surface area (Å²) in [6.45, 7) is 5.23. The van der Waals surface area contributed by atoms with E-state index < -0.39 is 0 Å². The van der Waals surface area contributed by atoms with Crippen LogP contribution in [0.15, 0.2) is 30.3 Å². The highest BCUT2D eigenvalue weighted by molar-refractivity contribution is 6.11. The second-order valence-corrected chi connectivity index (χ2v) is 8.92. The Hall–Kier alpha value is -3.06. The number of pyridine rings is 1. The summed E-state index contributed by atoms with van der Waals surface area (Å²) in [6, 6.07) is 9.91. The van der Waals surface area contributed by atoms with Crippen molar-refractivity contribution in [3.05, 3.63) is 30.3 Å².